The van der Waals surface area contributed by atoms with Crippen LogP contribution in [0.2, 0.25) is 0 Å². The highest BCUT2D eigenvalue weighted by molar-refractivity contribution is 7.12. The summed E-state index contributed by atoms with van der Waals surface area (Å²) in [5, 5.41) is 1.77. The van der Waals surface area contributed by atoms with Crippen LogP contribution in [0.3, 0.4) is 0 Å². The van der Waals surface area contributed by atoms with Crippen molar-refractivity contribution in [2.75, 3.05) is 24.7 Å². The van der Waals surface area contributed by atoms with Crippen molar-refractivity contribution in [2.24, 2.45) is 5.92 Å². The van der Waals surface area contributed by atoms with Crippen LogP contribution in [0.15, 0.2) is 41.8 Å². The molecule has 1 saturated heterocycles. The van der Waals surface area contributed by atoms with Crippen LogP contribution < -0.4 is 4.90 Å². The summed E-state index contributed by atoms with van der Waals surface area (Å²) in [5.74, 6) is -2.11. The van der Waals surface area contributed by atoms with Crippen LogP contribution in [0.1, 0.15) is 33.4 Å². The number of thiophene rings is 1. The monoisotopic (exact) mass is 401 g/mol. The van der Waals surface area contributed by atoms with Crippen LogP contribution in [-0.4, -0.2) is 43.4 Å². The number of rotatable bonds is 7. The number of amides is 1. The maximum Gasteiger partial charge on any atom is 0.338 e. The van der Waals surface area contributed by atoms with Gasteiger partial charge in [0.2, 0.25) is 11.7 Å². The van der Waals surface area contributed by atoms with Crippen molar-refractivity contribution < 1.29 is 28.7 Å². The number of ether oxygens (including phenoxy) is 2. The standard InChI is InChI=1S/C20H19NO6S/c1-2-26-19(24)13-5-7-15(8-6-13)21-11-14(10-18(21)23)20(25)27-12-16(22)17-4-3-9-28-17/h3-9,14H,2,10-12H2,1H3/t14-/m1/s1. The molecule has 0 bridgehead atoms. The molecule has 0 radical (unpaired) electrons. The molecule has 0 unspecified atom stereocenters. The summed E-state index contributed by atoms with van der Waals surface area (Å²) in [6.07, 6.45) is 0.0195. The van der Waals surface area contributed by atoms with Gasteiger partial charge >= 0.3 is 11.9 Å². The highest BCUT2D eigenvalue weighted by atomic mass is 32.1. The van der Waals surface area contributed by atoms with Gasteiger partial charge in [0.05, 0.1) is 23.0 Å². The zero-order valence-electron chi connectivity index (χ0n) is 15.3. The van der Waals surface area contributed by atoms with Crippen LogP contribution >= 0.6 is 11.3 Å². The smallest absolute Gasteiger partial charge is 0.338 e. The number of carbonyl (C=O) groups excluding carboxylic acids is 4. The minimum absolute atomic E-state index is 0.0195. The second kappa shape index (κ2) is 8.79. The van der Waals surface area contributed by atoms with Crippen LogP contribution in [0.4, 0.5) is 5.69 Å². The van der Waals surface area contributed by atoms with Gasteiger partial charge < -0.3 is 14.4 Å². The van der Waals surface area contributed by atoms with Crippen molar-refractivity contribution in [1.29, 1.82) is 0 Å². The Labute approximate surface area is 165 Å². The lowest BCUT2D eigenvalue weighted by Gasteiger charge is -2.16. The van der Waals surface area contributed by atoms with Gasteiger partial charge in [-0.3, -0.25) is 14.4 Å². The van der Waals surface area contributed by atoms with E-state index in [9.17, 15) is 19.2 Å². The third-order valence-corrected chi connectivity index (χ3v) is 5.20. The number of carbonyl (C=O) groups is 4. The van der Waals surface area contributed by atoms with Crippen LogP contribution in [-0.2, 0) is 19.1 Å². The third kappa shape index (κ3) is 4.45. The first-order valence-corrected chi connectivity index (χ1v) is 9.68. The zero-order valence-corrected chi connectivity index (χ0v) is 16.1. The van der Waals surface area contributed by atoms with Crippen molar-refractivity contribution in [3.8, 4) is 0 Å². The highest BCUT2D eigenvalue weighted by Crippen LogP contribution is 2.26. The van der Waals surface area contributed by atoms with Gasteiger partial charge in [0.1, 0.15) is 0 Å². The normalized spacial score (nSPS) is 16.1. The lowest BCUT2D eigenvalue weighted by molar-refractivity contribution is -0.147. The molecule has 1 aliphatic rings. The van der Waals surface area contributed by atoms with Crippen LogP contribution in [0.25, 0.3) is 0 Å². The summed E-state index contributed by atoms with van der Waals surface area (Å²) in [6.45, 7) is 1.84. The number of ketones is 1. The third-order valence-electron chi connectivity index (χ3n) is 4.29. The van der Waals surface area contributed by atoms with Gasteiger partial charge in [-0.1, -0.05) is 6.07 Å². The van der Waals surface area contributed by atoms with Crippen molar-refractivity contribution in [3.63, 3.8) is 0 Å². The maximum absolute atomic E-state index is 12.3. The summed E-state index contributed by atoms with van der Waals surface area (Å²) >= 11 is 1.28. The van der Waals surface area contributed by atoms with E-state index in [-0.39, 0.29) is 37.9 Å². The number of anilines is 1. The van der Waals surface area contributed by atoms with Crippen molar-refractivity contribution in [2.45, 2.75) is 13.3 Å². The fraction of sp³-hybridized carbons (Fsp3) is 0.300. The second-order valence-electron chi connectivity index (χ2n) is 6.18. The minimum Gasteiger partial charge on any atom is -0.462 e. The molecule has 2 aromatic rings. The van der Waals surface area contributed by atoms with E-state index in [4.69, 9.17) is 9.47 Å². The van der Waals surface area contributed by atoms with E-state index in [2.05, 4.69) is 0 Å². The fourth-order valence-electron chi connectivity index (χ4n) is 2.87. The number of Topliss-reactive ketones (excluding diaryl/α,β-unsaturated/α-hetero) is 1. The molecule has 0 aliphatic carbocycles. The summed E-state index contributed by atoms with van der Waals surface area (Å²) in [4.78, 5) is 50.2. The second-order valence-corrected chi connectivity index (χ2v) is 7.13. The van der Waals surface area contributed by atoms with E-state index in [1.807, 2.05) is 0 Å². The zero-order chi connectivity index (χ0) is 20.1. The van der Waals surface area contributed by atoms with E-state index in [0.717, 1.165) is 0 Å². The maximum atomic E-state index is 12.3. The predicted octanol–water partition coefficient (Wildman–Crippen LogP) is 2.70. The van der Waals surface area contributed by atoms with Gasteiger partial charge in [-0.2, -0.15) is 0 Å². The average molecular weight is 401 g/mol. The molecule has 3 rings (SSSR count). The minimum atomic E-state index is -0.631. The molecule has 28 heavy (non-hydrogen) atoms. The molecule has 1 aliphatic heterocycles. The lowest BCUT2D eigenvalue weighted by Crippen LogP contribution is -2.27. The number of esters is 2. The molecular weight excluding hydrogens is 382 g/mol. The largest absolute Gasteiger partial charge is 0.462 e. The van der Waals surface area contributed by atoms with E-state index >= 15 is 0 Å². The van der Waals surface area contributed by atoms with Gasteiger partial charge in [-0.15, -0.1) is 11.3 Å². The molecule has 0 saturated carbocycles. The quantitative estimate of drug-likeness (QED) is 0.523. The molecule has 1 amide bonds. The number of nitrogens with zero attached hydrogens (tertiary/aromatic N) is 1. The number of hydrogen-bond donors (Lipinski definition) is 0. The molecule has 2 heterocycles. The van der Waals surface area contributed by atoms with E-state index < -0.39 is 17.9 Å². The van der Waals surface area contributed by atoms with E-state index in [1.165, 1.54) is 16.2 Å². The lowest BCUT2D eigenvalue weighted by atomic mass is 10.1. The van der Waals surface area contributed by atoms with E-state index in [0.29, 0.717) is 16.1 Å². The van der Waals surface area contributed by atoms with Crippen molar-refractivity contribution in [1.82, 2.24) is 0 Å². The topological polar surface area (TPSA) is 90.0 Å². The fourth-order valence-corrected chi connectivity index (χ4v) is 3.52. The molecule has 8 heteroatoms. The molecule has 0 N–H and O–H groups in total. The number of hydrogen-bond acceptors (Lipinski definition) is 7. The Hall–Kier alpha value is -3.00. The molecule has 1 atom stereocenters. The van der Waals surface area contributed by atoms with Gasteiger partial charge in [-0.05, 0) is 42.6 Å². The first-order valence-electron chi connectivity index (χ1n) is 8.80. The molecule has 146 valence electrons. The molecular formula is C20H19NO6S. The molecule has 1 fully saturated rings. The molecule has 7 nitrogen and oxygen atoms in total. The Bertz CT molecular complexity index is 875. The van der Waals surface area contributed by atoms with Crippen molar-refractivity contribution in [3.05, 3.63) is 52.2 Å². The molecule has 0 spiro atoms. The Balaban J connectivity index is 1.57. The average Bonchev–Trinajstić information content (AvgIpc) is 3.36. The summed E-state index contributed by atoms with van der Waals surface area (Å²) in [5.41, 5.74) is 0.975. The predicted molar refractivity (Wildman–Crippen MR) is 102 cm³/mol. The van der Waals surface area contributed by atoms with Gasteiger partial charge in [0.25, 0.3) is 0 Å². The summed E-state index contributed by atoms with van der Waals surface area (Å²) < 4.78 is 10.0. The molecule has 1 aromatic carbocycles. The van der Waals surface area contributed by atoms with Gasteiger partial charge in [-0.25, -0.2) is 4.79 Å². The first kappa shape index (κ1) is 19.8. The highest BCUT2D eigenvalue weighted by Gasteiger charge is 2.36. The molecule has 1 aromatic heterocycles. The van der Waals surface area contributed by atoms with Gasteiger partial charge in [0.15, 0.2) is 6.61 Å². The van der Waals surface area contributed by atoms with Crippen LogP contribution in [0.5, 0.6) is 0 Å². The SMILES string of the molecule is CCOC(=O)c1ccc(N2C[C@H](C(=O)OCC(=O)c3cccs3)CC2=O)cc1. The van der Waals surface area contributed by atoms with Crippen LogP contribution in [0, 0.1) is 5.92 Å². The summed E-state index contributed by atoms with van der Waals surface area (Å²) in [7, 11) is 0. The Morgan fingerprint density at radius 2 is 1.89 bits per heavy atom. The number of benzene rings is 1. The van der Waals surface area contributed by atoms with Gasteiger partial charge in [0, 0.05) is 18.7 Å². The Morgan fingerprint density at radius 3 is 2.54 bits per heavy atom. The Kier molecular flexibility index (Phi) is 6.20. The van der Waals surface area contributed by atoms with Crippen molar-refractivity contribution >= 4 is 40.7 Å². The first-order chi connectivity index (χ1) is 13.5. The summed E-state index contributed by atoms with van der Waals surface area (Å²) in [6, 6.07) is 9.84. The Morgan fingerprint density at radius 1 is 1.14 bits per heavy atom. The van der Waals surface area contributed by atoms with E-state index in [1.54, 1.807) is 48.7 Å².